The number of amides is 1. The standard InChI is InChI=1S/C18H23ClN2O3S/c1-4-20-18(22)11-24-14-6-5-13(9-15(14)23-3)10-21-12(2)16-7-8-17(19)25-16/h5-9,12,21H,4,10-11H2,1-3H3,(H,20,22). The Bertz CT molecular complexity index is 705. The highest BCUT2D eigenvalue weighted by Crippen LogP contribution is 2.29. The van der Waals surface area contributed by atoms with Crippen LogP contribution < -0.4 is 20.1 Å². The number of halogens is 1. The number of benzene rings is 1. The molecule has 2 rings (SSSR count). The van der Waals surface area contributed by atoms with Gasteiger partial charge in [-0.15, -0.1) is 11.3 Å². The molecular formula is C18H23ClN2O3S. The summed E-state index contributed by atoms with van der Waals surface area (Å²) >= 11 is 7.56. The topological polar surface area (TPSA) is 59.6 Å². The molecule has 0 spiro atoms. The second-order valence-corrected chi connectivity index (χ2v) is 7.22. The van der Waals surface area contributed by atoms with Gasteiger partial charge in [-0.25, -0.2) is 0 Å². The summed E-state index contributed by atoms with van der Waals surface area (Å²) in [4.78, 5) is 12.7. The molecule has 25 heavy (non-hydrogen) atoms. The van der Waals surface area contributed by atoms with E-state index in [0.717, 1.165) is 9.90 Å². The average molecular weight is 383 g/mol. The van der Waals surface area contributed by atoms with Crippen LogP contribution in [0.2, 0.25) is 4.34 Å². The summed E-state index contributed by atoms with van der Waals surface area (Å²) in [6.45, 7) is 5.20. The number of hydrogen-bond donors (Lipinski definition) is 2. The number of carbonyl (C=O) groups excluding carboxylic acids is 1. The van der Waals surface area contributed by atoms with Gasteiger partial charge in [0.05, 0.1) is 11.4 Å². The van der Waals surface area contributed by atoms with Gasteiger partial charge in [-0.2, -0.15) is 0 Å². The monoisotopic (exact) mass is 382 g/mol. The smallest absolute Gasteiger partial charge is 0.257 e. The second-order valence-electron chi connectivity index (χ2n) is 5.47. The maximum absolute atomic E-state index is 11.5. The van der Waals surface area contributed by atoms with Crippen LogP contribution in [-0.4, -0.2) is 26.2 Å². The van der Waals surface area contributed by atoms with Crippen LogP contribution in [0.3, 0.4) is 0 Å². The van der Waals surface area contributed by atoms with Crippen molar-refractivity contribution in [2.45, 2.75) is 26.4 Å². The predicted molar refractivity (Wildman–Crippen MR) is 102 cm³/mol. The molecule has 5 nitrogen and oxygen atoms in total. The molecule has 1 atom stereocenters. The minimum Gasteiger partial charge on any atom is -0.493 e. The van der Waals surface area contributed by atoms with Crippen LogP contribution in [0, 0.1) is 0 Å². The van der Waals surface area contributed by atoms with Gasteiger partial charge in [0.1, 0.15) is 0 Å². The van der Waals surface area contributed by atoms with E-state index in [1.54, 1.807) is 18.4 Å². The minimum atomic E-state index is -0.154. The van der Waals surface area contributed by atoms with Crippen molar-refractivity contribution in [2.24, 2.45) is 0 Å². The quantitative estimate of drug-likeness (QED) is 0.693. The van der Waals surface area contributed by atoms with E-state index in [1.807, 2.05) is 37.3 Å². The van der Waals surface area contributed by atoms with Gasteiger partial charge in [-0.1, -0.05) is 17.7 Å². The summed E-state index contributed by atoms with van der Waals surface area (Å²) in [6, 6.07) is 9.83. The lowest BCUT2D eigenvalue weighted by Gasteiger charge is -2.15. The molecule has 1 aromatic heterocycles. The molecule has 1 aromatic carbocycles. The highest BCUT2D eigenvalue weighted by molar-refractivity contribution is 7.16. The maximum Gasteiger partial charge on any atom is 0.257 e. The number of ether oxygens (including phenoxy) is 2. The second kappa shape index (κ2) is 9.65. The Kier molecular flexibility index (Phi) is 7.55. The molecule has 1 heterocycles. The summed E-state index contributed by atoms with van der Waals surface area (Å²) in [6.07, 6.45) is 0. The fraction of sp³-hybridized carbons (Fsp3) is 0.389. The molecule has 1 unspecified atom stereocenters. The first-order valence-electron chi connectivity index (χ1n) is 8.08. The first-order valence-corrected chi connectivity index (χ1v) is 9.28. The Morgan fingerprint density at radius 3 is 2.72 bits per heavy atom. The van der Waals surface area contributed by atoms with Gasteiger partial charge < -0.3 is 20.1 Å². The summed E-state index contributed by atoms with van der Waals surface area (Å²) in [5.74, 6) is 1.00. The van der Waals surface area contributed by atoms with Crippen LogP contribution >= 0.6 is 22.9 Å². The number of thiophene rings is 1. The zero-order chi connectivity index (χ0) is 18.2. The molecule has 0 bridgehead atoms. The van der Waals surface area contributed by atoms with Gasteiger partial charge in [-0.3, -0.25) is 4.79 Å². The van der Waals surface area contributed by atoms with Crippen molar-refractivity contribution in [3.63, 3.8) is 0 Å². The van der Waals surface area contributed by atoms with Crippen molar-refractivity contribution in [3.8, 4) is 11.5 Å². The van der Waals surface area contributed by atoms with Gasteiger partial charge in [-0.05, 0) is 43.7 Å². The largest absolute Gasteiger partial charge is 0.493 e. The Labute approximate surface area is 157 Å². The molecule has 2 aromatic rings. The lowest BCUT2D eigenvalue weighted by molar-refractivity contribution is -0.123. The molecule has 2 N–H and O–H groups in total. The first-order chi connectivity index (χ1) is 12.0. The molecule has 1 amide bonds. The number of nitrogens with one attached hydrogen (secondary N) is 2. The van der Waals surface area contributed by atoms with Crippen LogP contribution in [0.25, 0.3) is 0 Å². The van der Waals surface area contributed by atoms with Crippen LogP contribution in [0.5, 0.6) is 11.5 Å². The molecule has 0 fully saturated rings. The molecule has 0 radical (unpaired) electrons. The van der Waals surface area contributed by atoms with Crippen molar-refractivity contribution >= 4 is 28.8 Å². The highest BCUT2D eigenvalue weighted by Gasteiger charge is 2.11. The first kappa shape index (κ1) is 19.6. The number of carbonyl (C=O) groups is 1. The van der Waals surface area contributed by atoms with E-state index >= 15 is 0 Å². The van der Waals surface area contributed by atoms with E-state index in [-0.39, 0.29) is 18.6 Å². The zero-order valence-electron chi connectivity index (χ0n) is 14.6. The maximum atomic E-state index is 11.5. The fourth-order valence-corrected chi connectivity index (χ4v) is 3.35. The molecule has 0 aliphatic heterocycles. The van der Waals surface area contributed by atoms with Gasteiger partial charge in [0.2, 0.25) is 0 Å². The number of methoxy groups -OCH3 is 1. The number of hydrogen-bond acceptors (Lipinski definition) is 5. The molecule has 0 aliphatic rings. The van der Waals surface area contributed by atoms with Gasteiger partial charge in [0, 0.05) is 24.0 Å². The fourth-order valence-electron chi connectivity index (χ4n) is 2.27. The van der Waals surface area contributed by atoms with Crippen molar-refractivity contribution in [1.29, 1.82) is 0 Å². The summed E-state index contributed by atoms with van der Waals surface area (Å²) < 4.78 is 11.7. The minimum absolute atomic E-state index is 0.0298. The zero-order valence-corrected chi connectivity index (χ0v) is 16.2. The Morgan fingerprint density at radius 2 is 2.08 bits per heavy atom. The number of rotatable bonds is 9. The Morgan fingerprint density at radius 1 is 1.28 bits per heavy atom. The van der Waals surface area contributed by atoms with Crippen LogP contribution in [-0.2, 0) is 11.3 Å². The lowest BCUT2D eigenvalue weighted by Crippen LogP contribution is -2.28. The van der Waals surface area contributed by atoms with Crippen molar-refractivity contribution < 1.29 is 14.3 Å². The average Bonchev–Trinajstić information content (AvgIpc) is 3.05. The third-order valence-electron chi connectivity index (χ3n) is 3.59. The molecule has 136 valence electrons. The van der Waals surface area contributed by atoms with Crippen LogP contribution in [0.1, 0.15) is 30.3 Å². The lowest BCUT2D eigenvalue weighted by atomic mass is 10.2. The molecule has 0 saturated heterocycles. The number of likely N-dealkylation sites (N-methyl/N-ethyl adjacent to an activating group) is 1. The molecule has 0 aliphatic carbocycles. The normalized spacial score (nSPS) is 11.8. The third-order valence-corrected chi connectivity index (χ3v) is 5.01. The van der Waals surface area contributed by atoms with Crippen LogP contribution in [0.15, 0.2) is 30.3 Å². The predicted octanol–water partition coefficient (Wildman–Crippen LogP) is 3.78. The van der Waals surface area contributed by atoms with Crippen molar-refractivity contribution in [3.05, 3.63) is 45.1 Å². The van der Waals surface area contributed by atoms with Gasteiger partial charge in [0.15, 0.2) is 18.1 Å². The Hall–Kier alpha value is -1.76. The molecule has 7 heteroatoms. The Balaban J connectivity index is 1.94. The van der Waals surface area contributed by atoms with E-state index in [2.05, 4.69) is 17.6 Å². The van der Waals surface area contributed by atoms with E-state index in [0.29, 0.717) is 24.6 Å². The molecule has 0 saturated carbocycles. The van der Waals surface area contributed by atoms with Crippen molar-refractivity contribution in [1.82, 2.24) is 10.6 Å². The SMILES string of the molecule is CCNC(=O)COc1ccc(CNC(C)c2ccc(Cl)s2)cc1OC. The van der Waals surface area contributed by atoms with E-state index in [4.69, 9.17) is 21.1 Å². The van der Waals surface area contributed by atoms with E-state index in [1.165, 1.54) is 4.88 Å². The van der Waals surface area contributed by atoms with Crippen LogP contribution in [0.4, 0.5) is 0 Å². The summed E-state index contributed by atoms with van der Waals surface area (Å²) in [5, 5.41) is 6.15. The van der Waals surface area contributed by atoms with E-state index in [9.17, 15) is 4.79 Å². The highest BCUT2D eigenvalue weighted by atomic mass is 35.5. The summed E-state index contributed by atoms with van der Waals surface area (Å²) in [7, 11) is 1.59. The van der Waals surface area contributed by atoms with Gasteiger partial charge >= 0.3 is 0 Å². The molecular weight excluding hydrogens is 360 g/mol. The van der Waals surface area contributed by atoms with Gasteiger partial charge in [0.25, 0.3) is 5.91 Å². The summed E-state index contributed by atoms with van der Waals surface area (Å²) in [5.41, 5.74) is 1.07. The third kappa shape index (κ3) is 5.92. The van der Waals surface area contributed by atoms with E-state index < -0.39 is 0 Å². The van der Waals surface area contributed by atoms with Crippen molar-refractivity contribution in [2.75, 3.05) is 20.3 Å².